The number of aromatic nitrogens is 1. The first-order valence-electron chi connectivity index (χ1n) is 8.62. The molecule has 1 aromatic rings. The first-order valence-corrected chi connectivity index (χ1v) is 8.62. The summed E-state index contributed by atoms with van der Waals surface area (Å²) in [7, 11) is 1.39. The van der Waals surface area contributed by atoms with Crippen molar-refractivity contribution in [2.75, 3.05) is 18.6 Å². The number of methoxy groups -OCH3 is 1. The highest BCUT2D eigenvalue weighted by molar-refractivity contribution is 5.90. The Morgan fingerprint density at radius 2 is 2.04 bits per heavy atom. The van der Waals surface area contributed by atoms with E-state index in [9.17, 15) is 9.90 Å². The van der Waals surface area contributed by atoms with Crippen molar-refractivity contribution >= 4 is 11.8 Å². The Hall–Kier alpha value is -1.62. The number of aliphatic hydroxyl groups excluding tert-OH is 1. The van der Waals surface area contributed by atoms with Gasteiger partial charge in [-0.3, -0.25) is 0 Å². The van der Waals surface area contributed by atoms with Crippen LogP contribution in [0.15, 0.2) is 12.1 Å². The molecule has 2 fully saturated rings. The van der Waals surface area contributed by atoms with Crippen molar-refractivity contribution in [1.82, 2.24) is 4.98 Å². The predicted molar refractivity (Wildman–Crippen MR) is 88.6 cm³/mol. The predicted octanol–water partition coefficient (Wildman–Crippen LogP) is 2.70. The van der Waals surface area contributed by atoms with Crippen LogP contribution in [0.2, 0.25) is 0 Å². The summed E-state index contributed by atoms with van der Waals surface area (Å²) in [6.07, 6.45) is 6.42. The van der Waals surface area contributed by atoms with Gasteiger partial charge in [0, 0.05) is 18.5 Å². The molecule has 1 N–H and O–H groups in total. The zero-order valence-electron chi connectivity index (χ0n) is 14.0. The van der Waals surface area contributed by atoms with Gasteiger partial charge < -0.3 is 14.7 Å². The second-order valence-corrected chi connectivity index (χ2v) is 6.71. The van der Waals surface area contributed by atoms with Crippen LogP contribution in [0.25, 0.3) is 0 Å². The van der Waals surface area contributed by atoms with Crippen LogP contribution in [0.1, 0.15) is 54.6 Å². The van der Waals surface area contributed by atoms with Crippen molar-refractivity contribution in [3.63, 3.8) is 0 Å². The fourth-order valence-corrected chi connectivity index (χ4v) is 4.14. The molecule has 2 heterocycles. The molecule has 1 aliphatic heterocycles. The van der Waals surface area contributed by atoms with Gasteiger partial charge in [-0.05, 0) is 44.7 Å². The fraction of sp³-hybridized carbons (Fsp3) is 0.667. The molecule has 0 bridgehead atoms. The summed E-state index contributed by atoms with van der Waals surface area (Å²) < 4.78 is 4.79. The standard InChI is InChI=1S/C18H26N2O3/c1-12-13(18(22)23-2)9-10-17(19-12)20-11-5-7-15(20)14-6-3-4-8-16(14)21/h9-10,14-16,21H,3-8,11H2,1-2H3/t14-,15-,16+/m1/s1. The topological polar surface area (TPSA) is 62.7 Å². The van der Waals surface area contributed by atoms with Gasteiger partial charge in [0.15, 0.2) is 0 Å². The molecule has 1 saturated carbocycles. The molecule has 3 rings (SSSR count). The highest BCUT2D eigenvalue weighted by Gasteiger charge is 2.37. The first-order chi connectivity index (χ1) is 11.1. The zero-order valence-corrected chi connectivity index (χ0v) is 14.0. The lowest BCUT2D eigenvalue weighted by Crippen LogP contribution is -2.43. The van der Waals surface area contributed by atoms with Crippen molar-refractivity contribution < 1.29 is 14.6 Å². The summed E-state index contributed by atoms with van der Waals surface area (Å²) in [5.41, 5.74) is 1.22. The molecule has 5 heteroatoms. The number of carbonyl (C=O) groups excluding carboxylic acids is 1. The van der Waals surface area contributed by atoms with Crippen molar-refractivity contribution in [2.24, 2.45) is 5.92 Å². The number of ether oxygens (including phenoxy) is 1. The van der Waals surface area contributed by atoms with Gasteiger partial charge in [-0.1, -0.05) is 12.8 Å². The Balaban J connectivity index is 1.82. The van der Waals surface area contributed by atoms with Crippen LogP contribution in [0.4, 0.5) is 5.82 Å². The lowest BCUT2D eigenvalue weighted by Gasteiger charge is -2.37. The summed E-state index contributed by atoms with van der Waals surface area (Å²) in [4.78, 5) is 18.7. The van der Waals surface area contributed by atoms with Crippen LogP contribution in [-0.2, 0) is 4.74 Å². The van der Waals surface area contributed by atoms with Crippen molar-refractivity contribution in [3.8, 4) is 0 Å². The Bertz CT molecular complexity index is 575. The van der Waals surface area contributed by atoms with Gasteiger partial charge in [0.2, 0.25) is 0 Å². The Morgan fingerprint density at radius 3 is 2.74 bits per heavy atom. The number of carbonyl (C=O) groups is 1. The van der Waals surface area contributed by atoms with Crippen LogP contribution >= 0.6 is 0 Å². The van der Waals surface area contributed by atoms with Gasteiger partial charge in [-0.15, -0.1) is 0 Å². The molecular weight excluding hydrogens is 292 g/mol. The molecule has 1 saturated heterocycles. The molecule has 126 valence electrons. The minimum Gasteiger partial charge on any atom is -0.465 e. The number of pyridine rings is 1. The molecule has 0 radical (unpaired) electrons. The molecule has 0 spiro atoms. The number of hydrogen-bond acceptors (Lipinski definition) is 5. The van der Waals surface area contributed by atoms with Gasteiger partial charge in [0.05, 0.1) is 24.5 Å². The second kappa shape index (κ2) is 6.87. The van der Waals surface area contributed by atoms with Gasteiger partial charge in [0.25, 0.3) is 0 Å². The van der Waals surface area contributed by atoms with Crippen molar-refractivity contribution in [2.45, 2.75) is 57.6 Å². The van der Waals surface area contributed by atoms with Crippen LogP contribution < -0.4 is 4.90 Å². The summed E-state index contributed by atoms with van der Waals surface area (Å²) in [6, 6.07) is 4.07. The minimum absolute atomic E-state index is 0.190. The third-order valence-corrected chi connectivity index (χ3v) is 5.35. The van der Waals surface area contributed by atoms with E-state index in [1.165, 1.54) is 13.5 Å². The van der Waals surface area contributed by atoms with Gasteiger partial charge >= 0.3 is 5.97 Å². The van der Waals surface area contributed by atoms with Gasteiger partial charge in [-0.25, -0.2) is 9.78 Å². The largest absolute Gasteiger partial charge is 0.465 e. The number of hydrogen-bond donors (Lipinski definition) is 1. The molecule has 1 aliphatic carbocycles. The average Bonchev–Trinajstić information content (AvgIpc) is 3.04. The lowest BCUT2D eigenvalue weighted by molar-refractivity contribution is 0.0565. The lowest BCUT2D eigenvalue weighted by atomic mass is 9.80. The zero-order chi connectivity index (χ0) is 16.4. The fourth-order valence-electron chi connectivity index (χ4n) is 4.14. The number of aliphatic hydroxyl groups is 1. The molecule has 5 nitrogen and oxygen atoms in total. The highest BCUT2D eigenvalue weighted by atomic mass is 16.5. The molecule has 2 aliphatic rings. The third-order valence-electron chi connectivity index (χ3n) is 5.35. The molecule has 3 atom stereocenters. The number of anilines is 1. The van der Waals surface area contributed by atoms with Crippen LogP contribution in [0.5, 0.6) is 0 Å². The van der Waals surface area contributed by atoms with Crippen LogP contribution in [-0.4, -0.2) is 41.9 Å². The molecule has 1 aromatic heterocycles. The average molecular weight is 318 g/mol. The maximum Gasteiger partial charge on any atom is 0.339 e. The van der Waals surface area contributed by atoms with E-state index in [0.29, 0.717) is 23.2 Å². The molecule has 0 unspecified atom stereocenters. The minimum atomic E-state index is -0.345. The number of esters is 1. The number of rotatable bonds is 3. The quantitative estimate of drug-likeness (QED) is 0.868. The van der Waals surface area contributed by atoms with E-state index in [4.69, 9.17) is 4.74 Å². The van der Waals surface area contributed by atoms with Crippen molar-refractivity contribution in [3.05, 3.63) is 23.4 Å². The van der Waals surface area contributed by atoms with Crippen LogP contribution in [0.3, 0.4) is 0 Å². The first kappa shape index (κ1) is 16.2. The molecule has 0 aromatic carbocycles. The number of aryl methyl sites for hydroxylation is 1. The van der Waals surface area contributed by atoms with Gasteiger partial charge in [0.1, 0.15) is 5.82 Å². The monoisotopic (exact) mass is 318 g/mol. The van der Waals surface area contributed by atoms with E-state index < -0.39 is 0 Å². The van der Waals surface area contributed by atoms with Crippen molar-refractivity contribution in [1.29, 1.82) is 0 Å². The van der Waals surface area contributed by atoms with E-state index >= 15 is 0 Å². The maximum atomic E-state index is 11.7. The summed E-state index contributed by atoms with van der Waals surface area (Å²) in [5, 5.41) is 10.4. The molecule has 23 heavy (non-hydrogen) atoms. The molecule has 0 amide bonds. The Kier molecular flexibility index (Phi) is 4.85. The highest BCUT2D eigenvalue weighted by Crippen LogP contribution is 2.36. The van der Waals surface area contributed by atoms with Gasteiger partial charge in [-0.2, -0.15) is 0 Å². The summed E-state index contributed by atoms with van der Waals surface area (Å²) in [6.45, 7) is 2.81. The Morgan fingerprint density at radius 1 is 1.26 bits per heavy atom. The number of nitrogens with zero attached hydrogens (tertiary/aromatic N) is 2. The molecular formula is C18H26N2O3. The van der Waals surface area contributed by atoms with Crippen LogP contribution in [0, 0.1) is 12.8 Å². The summed E-state index contributed by atoms with van der Waals surface area (Å²) >= 11 is 0. The van der Waals surface area contributed by atoms with E-state index in [1.54, 1.807) is 6.07 Å². The van der Waals surface area contributed by atoms with E-state index in [0.717, 1.165) is 44.5 Å². The van der Waals surface area contributed by atoms with E-state index in [-0.39, 0.29) is 12.1 Å². The third kappa shape index (κ3) is 3.20. The van der Waals surface area contributed by atoms with E-state index in [1.807, 2.05) is 13.0 Å². The SMILES string of the molecule is COC(=O)c1ccc(N2CCC[C@@H]2[C@H]2CCCC[C@@H]2O)nc1C. The second-order valence-electron chi connectivity index (χ2n) is 6.71. The smallest absolute Gasteiger partial charge is 0.339 e. The van der Waals surface area contributed by atoms with E-state index in [2.05, 4.69) is 9.88 Å². The normalized spacial score (nSPS) is 28.0. The Labute approximate surface area is 137 Å². The maximum absolute atomic E-state index is 11.7. The summed E-state index contributed by atoms with van der Waals surface area (Å²) in [5.74, 6) is 0.909.